The van der Waals surface area contributed by atoms with Crippen molar-refractivity contribution < 1.29 is 0 Å². The highest BCUT2D eigenvalue weighted by atomic mass is 32.1. The molecule has 59 valence electrons. The van der Waals surface area contributed by atoms with E-state index in [2.05, 4.69) is 18.7 Å². The Kier molecular flexibility index (Phi) is 3.05. The van der Waals surface area contributed by atoms with Gasteiger partial charge in [-0.3, -0.25) is 0 Å². The SMILES string of the molecule is CC(C)N1CCC([S])CC1. The Morgan fingerprint density at radius 3 is 2.20 bits per heavy atom. The lowest BCUT2D eigenvalue weighted by Crippen LogP contribution is -2.38. The van der Waals surface area contributed by atoms with Gasteiger partial charge in [0.1, 0.15) is 0 Å². The number of likely N-dealkylation sites (tertiary alicyclic amines) is 1. The molecule has 0 amide bonds. The maximum absolute atomic E-state index is 5.20. The maximum Gasteiger partial charge on any atom is 0.0175 e. The molecule has 0 aromatic carbocycles. The summed E-state index contributed by atoms with van der Waals surface area (Å²) in [7, 11) is 0. The zero-order valence-electron chi connectivity index (χ0n) is 6.84. The predicted molar refractivity (Wildman–Crippen MR) is 47.3 cm³/mol. The Balaban J connectivity index is 2.26. The van der Waals surface area contributed by atoms with Crippen LogP contribution in [0.5, 0.6) is 0 Å². The average molecular weight is 158 g/mol. The summed E-state index contributed by atoms with van der Waals surface area (Å²) < 4.78 is 0. The van der Waals surface area contributed by atoms with Gasteiger partial charge in [0.15, 0.2) is 0 Å². The van der Waals surface area contributed by atoms with Crippen LogP contribution in [0.4, 0.5) is 0 Å². The molecule has 0 aromatic heterocycles. The lowest BCUT2D eigenvalue weighted by atomic mass is 10.1. The summed E-state index contributed by atoms with van der Waals surface area (Å²) in [6.07, 6.45) is 2.43. The van der Waals surface area contributed by atoms with E-state index in [1.807, 2.05) is 0 Å². The third-order valence-electron chi connectivity index (χ3n) is 2.21. The molecule has 1 aliphatic heterocycles. The Morgan fingerprint density at radius 2 is 1.80 bits per heavy atom. The molecule has 0 atom stereocenters. The molecule has 0 aliphatic carbocycles. The van der Waals surface area contributed by atoms with Crippen molar-refractivity contribution in [1.82, 2.24) is 4.90 Å². The Morgan fingerprint density at radius 1 is 1.30 bits per heavy atom. The molecule has 0 unspecified atom stereocenters. The zero-order valence-corrected chi connectivity index (χ0v) is 7.66. The molecule has 0 spiro atoms. The first-order chi connectivity index (χ1) is 4.70. The van der Waals surface area contributed by atoms with Crippen LogP contribution in [-0.2, 0) is 0 Å². The highest BCUT2D eigenvalue weighted by Gasteiger charge is 2.17. The van der Waals surface area contributed by atoms with Crippen molar-refractivity contribution in [3.05, 3.63) is 0 Å². The third-order valence-corrected chi connectivity index (χ3v) is 2.68. The molecule has 1 radical (unpaired) electrons. The zero-order chi connectivity index (χ0) is 7.56. The summed E-state index contributed by atoms with van der Waals surface area (Å²) in [4.78, 5) is 2.50. The van der Waals surface area contributed by atoms with Gasteiger partial charge in [0.05, 0.1) is 0 Å². The maximum atomic E-state index is 5.20. The minimum absolute atomic E-state index is 0.551. The van der Waals surface area contributed by atoms with Gasteiger partial charge in [0.25, 0.3) is 0 Å². The number of hydrogen-bond acceptors (Lipinski definition) is 1. The number of hydrogen-bond donors (Lipinski definition) is 0. The fraction of sp³-hybridized carbons (Fsp3) is 1.00. The second kappa shape index (κ2) is 3.63. The van der Waals surface area contributed by atoms with Crippen LogP contribution >= 0.6 is 12.6 Å². The summed E-state index contributed by atoms with van der Waals surface area (Å²) in [5.74, 6) is 0. The second-order valence-corrected chi connectivity index (χ2v) is 4.00. The van der Waals surface area contributed by atoms with Crippen LogP contribution in [-0.4, -0.2) is 29.3 Å². The largest absolute Gasteiger partial charge is 0.301 e. The van der Waals surface area contributed by atoms with E-state index < -0.39 is 0 Å². The highest BCUT2D eigenvalue weighted by molar-refractivity contribution is 7.80. The van der Waals surface area contributed by atoms with E-state index in [1.54, 1.807) is 0 Å². The molecular weight excluding hydrogens is 142 g/mol. The van der Waals surface area contributed by atoms with Crippen LogP contribution in [0.15, 0.2) is 0 Å². The molecule has 1 fully saturated rings. The van der Waals surface area contributed by atoms with E-state index in [9.17, 15) is 0 Å². The van der Waals surface area contributed by atoms with Gasteiger partial charge < -0.3 is 4.90 Å². The third kappa shape index (κ3) is 2.17. The van der Waals surface area contributed by atoms with Crippen LogP contribution in [0.25, 0.3) is 0 Å². The van der Waals surface area contributed by atoms with Gasteiger partial charge in [-0.15, -0.1) is 0 Å². The first-order valence-corrected chi connectivity index (χ1v) is 4.57. The minimum atomic E-state index is 0.551. The molecule has 1 rings (SSSR count). The van der Waals surface area contributed by atoms with E-state index in [0.717, 1.165) is 0 Å². The van der Waals surface area contributed by atoms with Crippen LogP contribution < -0.4 is 0 Å². The summed E-state index contributed by atoms with van der Waals surface area (Å²) in [6, 6.07) is 0.711. The summed E-state index contributed by atoms with van der Waals surface area (Å²) in [5, 5.41) is 0.551. The Bertz CT molecular complexity index is 95.4. The van der Waals surface area contributed by atoms with E-state index in [4.69, 9.17) is 12.6 Å². The minimum Gasteiger partial charge on any atom is -0.301 e. The molecule has 1 aliphatic rings. The van der Waals surface area contributed by atoms with Gasteiger partial charge in [-0.2, -0.15) is 0 Å². The number of nitrogens with zero attached hydrogens (tertiary/aromatic N) is 1. The Labute approximate surface area is 69.2 Å². The topological polar surface area (TPSA) is 3.24 Å². The second-order valence-electron chi connectivity index (χ2n) is 3.33. The summed E-state index contributed by atoms with van der Waals surface area (Å²) in [6.45, 7) is 6.94. The standard InChI is InChI=1S/C8H16NS/c1-7(2)9-5-3-8(10)4-6-9/h7-8H,3-6H2,1-2H3. The molecule has 1 nitrogen and oxygen atoms in total. The molecule has 0 aromatic rings. The van der Waals surface area contributed by atoms with E-state index in [-0.39, 0.29) is 0 Å². The van der Waals surface area contributed by atoms with E-state index >= 15 is 0 Å². The van der Waals surface area contributed by atoms with Crippen molar-refractivity contribution in [1.29, 1.82) is 0 Å². The van der Waals surface area contributed by atoms with Crippen LogP contribution in [0.2, 0.25) is 0 Å². The van der Waals surface area contributed by atoms with Crippen LogP contribution in [0.1, 0.15) is 26.7 Å². The van der Waals surface area contributed by atoms with Gasteiger partial charge in [0, 0.05) is 11.3 Å². The van der Waals surface area contributed by atoms with Crippen molar-refractivity contribution >= 4 is 12.6 Å². The number of piperidine rings is 1. The molecule has 2 heteroatoms. The molecule has 0 bridgehead atoms. The first kappa shape index (κ1) is 8.41. The fourth-order valence-corrected chi connectivity index (χ4v) is 1.60. The van der Waals surface area contributed by atoms with Crippen molar-refractivity contribution in [2.45, 2.75) is 38.0 Å². The van der Waals surface area contributed by atoms with Crippen LogP contribution in [0.3, 0.4) is 0 Å². The Hall–Kier alpha value is 0.310. The lowest BCUT2D eigenvalue weighted by Gasteiger charge is -2.32. The quantitative estimate of drug-likeness (QED) is 0.564. The number of rotatable bonds is 1. The highest BCUT2D eigenvalue weighted by Crippen LogP contribution is 2.16. The molecule has 1 saturated heterocycles. The van der Waals surface area contributed by atoms with Gasteiger partial charge in [-0.25, -0.2) is 0 Å². The summed E-state index contributed by atoms with van der Waals surface area (Å²) >= 11 is 5.20. The fourth-order valence-electron chi connectivity index (χ4n) is 1.39. The van der Waals surface area contributed by atoms with Crippen molar-refractivity contribution in [3.8, 4) is 0 Å². The van der Waals surface area contributed by atoms with Crippen molar-refractivity contribution in [2.24, 2.45) is 0 Å². The first-order valence-electron chi connectivity index (χ1n) is 4.10. The predicted octanol–water partition coefficient (Wildman–Crippen LogP) is 2.06. The van der Waals surface area contributed by atoms with Crippen LogP contribution in [0, 0.1) is 0 Å². The van der Waals surface area contributed by atoms with Gasteiger partial charge in [-0.1, -0.05) is 12.6 Å². The lowest BCUT2D eigenvalue weighted by molar-refractivity contribution is 0.188. The van der Waals surface area contributed by atoms with E-state index in [1.165, 1.54) is 25.9 Å². The van der Waals surface area contributed by atoms with E-state index in [0.29, 0.717) is 11.3 Å². The molecule has 0 saturated carbocycles. The monoisotopic (exact) mass is 158 g/mol. The van der Waals surface area contributed by atoms with Gasteiger partial charge in [-0.05, 0) is 39.8 Å². The molecular formula is C8H16NS. The smallest absolute Gasteiger partial charge is 0.0175 e. The molecule has 1 heterocycles. The van der Waals surface area contributed by atoms with Gasteiger partial charge >= 0.3 is 0 Å². The van der Waals surface area contributed by atoms with Crippen molar-refractivity contribution in [2.75, 3.05) is 13.1 Å². The normalized spacial score (nSPS) is 24.0. The molecule has 0 N–H and O–H groups in total. The summed E-state index contributed by atoms with van der Waals surface area (Å²) in [5.41, 5.74) is 0. The average Bonchev–Trinajstić information content (AvgIpc) is 1.88. The molecule has 10 heavy (non-hydrogen) atoms. The van der Waals surface area contributed by atoms with Gasteiger partial charge in [0.2, 0.25) is 0 Å². The van der Waals surface area contributed by atoms with Crippen molar-refractivity contribution in [3.63, 3.8) is 0 Å².